The van der Waals surface area contributed by atoms with E-state index in [-0.39, 0.29) is 12.7 Å². The average molecular weight is 191 g/mol. The van der Waals surface area contributed by atoms with Crippen molar-refractivity contribution in [2.45, 2.75) is 37.4 Å². The lowest BCUT2D eigenvalue weighted by molar-refractivity contribution is -0.193. The molecule has 5 atom stereocenters. The van der Waals surface area contributed by atoms with Gasteiger partial charge in [-0.05, 0) is 6.92 Å². The molecule has 1 saturated heterocycles. The molecule has 1 aliphatic heterocycles. The molecule has 1 rings (SSSR count). The van der Waals surface area contributed by atoms with Crippen molar-refractivity contribution in [1.82, 2.24) is 0 Å². The van der Waals surface area contributed by atoms with Gasteiger partial charge in [0, 0.05) is 7.11 Å². The molecule has 0 aromatic heterocycles. The number of aliphatic hydroxyl groups is 2. The zero-order valence-corrected chi connectivity index (χ0v) is 7.88. The summed E-state index contributed by atoms with van der Waals surface area (Å²) in [6.07, 6.45) is -2.09. The van der Waals surface area contributed by atoms with Gasteiger partial charge >= 0.3 is 0 Å². The van der Waals surface area contributed by atoms with E-state index in [1.807, 2.05) is 0 Å². The molecule has 0 aromatic carbocycles. The second-order valence-corrected chi connectivity index (χ2v) is 3.33. The number of rotatable bonds is 2. The number of ether oxygens (including phenoxy) is 2. The molecular weight excluding hydrogens is 174 g/mol. The maximum atomic E-state index is 9.67. The van der Waals surface area contributed by atoms with Crippen molar-refractivity contribution in [3.05, 3.63) is 0 Å². The number of hydrogen-bond acceptors (Lipinski definition) is 5. The number of nitrogens with two attached hydrogens (primary N) is 1. The maximum absolute atomic E-state index is 9.67. The van der Waals surface area contributed by atoms with E-state index in [1.165, 1.54) is 7.11 Å². The van der Waals surface area contributed by atoms with E-state index in [2.05, 4.69) is 0 Å². The largest absolute Gasteiger partial charge is 0.394 e. The van der Waals surface area contributed by atoms with Crippen LogP contribution >= 0.6 is 0 Å². The van der Waals surface area contributed by atoms with Crippen molar-refractivity contribution in [2.75, 3.05) is 13.7 Å². The van der Waals surface area contributed by atoms with Crippen LogP contribution in [0.5, 0.6) is 0 Å². The lowest BCUT2D eigenvalue weighted by Crippen LogP contribution is -2.61. The van der Waals surface area contributed by atoms with E-state index in [9.17, 15) is 5.11 Å². The summed E-state index contributed by atoms with van der Waals surface area (Å²) in [5, 5.41) is 18.6. The Bertz CT molecular complexity index is 164. The molecule has 4 N–H and O–H groups in total. The van der Waals surface area contributed by atoms with Gasteiger partial charge in [-0.1, -0.05) is 0 Å². The van der Waals surface area contributed by atoms with Crippen LogP contribution in [-0.2, 0) is 9.47 Å². The van der Waals surface area contributed by atoms with E-state index in [0.717, 1.165) is 0 Å². The van der Waals surface area contributed by atoms with Crippen LogP contribution in [0.3, 0.4) is 0 Å². The number of hydrogen-bond donors (Lipinski definition) is 3. The van der Waals surface area contributed by atoms with Crippen LogP contribution < -0.4 is 5.73 Å². The molecule has 0 aromatic rings. The van der Waals surface area contributed by atoms with Crippen LogP contribution in [0.15, 0.2) is 0 Å². The second kappa shape index (κ2) is 4.34. The van der Waals surface area contributed by atoms with Crippen LogP contribution in [0.2, 0.25) is 0 Å². The highest BCUT2D eigenvalue weighted by atomic mass is 16.6. The molecule has 5 nitrogen and oxygen atoms in total. The van der Waals surface area contributed by atoms with Gasteiger partial charge < -0.3 is 25.4 Å². The van der Waals surface area contributed by atoms with Crippen molar-refractivity contribution in [2.24, 2.45) is 5.73 Å². The Kier molecular flexibility index (Phi) is 3.63. The number of aliphatic hydroxyl groups excluding tert-OH is 2. The van der Waals surface area contributed by atoms with Crippen molar-refractivity contribution >= 4 is 0 Å². The maximum Gasteiger partial charge on any atom is 0.113 e. The van der Waals surface area contributed by atoms with Crippen molar-refractivity contribution in [1.29, 1.82) is 0 Å². The molecule has 1 aliphatic rings. The number of methoxy groups -OCH3 is 1. The fraction of sp³-hybridized carbons (Fsp3) is 1.00. The Labute approximate surface area is 77.4 Å². The first-order valence-electron chi connectivity index (χ1n) is 4.34. The highest BCUT2D eigenvalue weighted by Gasteiger charge is 2.41. The average Bonchev–Trinajstić information content (AvgIpc) is 2.13. The molecule has 13 heavy (non-hydrogen) atoms. The summed E-state index contributed by atoms with van der Waals surface area (Å²) in [7, 11) is 1.46. The quantitative estimate of drug-likeness (QED) is 0.493. The molecule has 1 fully saturated rings. The van der Waals surface area contributed by atoms with E-state index < -0.39 is 24.4 Å². The third-order valence-corrected chi connectivity index (χ3v) is 2.48. The van der Waals surface area contributed by atoms with Gasteiger partial charge in [0.2, 0.25) is 0 Å². The summed E-state index contributed by atoms with van der Waals surface area (Å²) in [4.78, 5) is 0. The van der Waals surface area contributed by atoms with Crippen LogP contribution in [-0.4, -0.2) is 54.4 Å². The first-order chi connectivity index (χ1) is 6.11. The summed E-state index contributed by atoms with van der Waals surface area (Å²) in [5.41, 5.74) is 5.67. The minimum atomic E-state index is -0.786. The highest BCUT2D eigenvalue weighted by Crippen LogP contribution is 2.21. The Balaban J connectivity index is 2.69. The predicted octanol–water partition coefficient (Wildman–Crippen LogP) is -1.53. The Morgan fingerprint density at radius 1 is 1.54 bits per heavy atom. The molecular formula is C8H17NO4. The Hall–Kier alpha value is -0.200. The minimum Gasteiger partial charge on any atom is -0.394 e. The predicted molar refractivity (Wildman–Crippen MR) is 46.2 cm³/mol. The molecule has 0 spiro atoms. The third kappa shape index (κ3) is 2.00. The highest BCUT2D eigenvalue weighted by molar-refractivity contribution is 4.93. The van der Waals surface area contributed by atoms with Crippen LogP contribution in [0.25, 0.3) is 0 Å². The van der Waals surface area contributed by atoms with E-state index in [4.69, 9.17) is 20.3 Å². The summed E-state index contributed by atoms with van der Waals surface area (Å²) in [5.74, 6) is 0. The molecule has 0 bridgehead atoms. The Morgan fingerprint density at radius 3 is 2.62 bits per heavy atom. The van der Waals surface area contributed by atoms with Gasteiger partial charge in [-0.25, -0.2) is 0 Å². The standard InChI is InChI=1S/C8H17NO4/c1-4-6(9)7(11)8(12-2)5(3-10)13-4/h4-8,10-11H,3,9H2,1-2H3/t4-,5?,6?,7+,8+/m0/s1. The van der Waals surface area contributed by atoms with Gasteiger partial charge in [-0.15, -0.1) is 0 Å². The van der Waals surface area contributed by atoms with E-state index >= 15 is 0 Å². The molecule has 0 radical (unpaired) electrons. The zero-order valence-electron chi connectivity index (χ0n) is 7.88. The smallest absolute Gasteiger partial charge is 0.113 e. The van der Waals surface area contributed by atoms with E-state index in [0.29, 0.717) is 0 Å². The molecule has 0 amide bonds. The fourth-order valence-electron chi connectivity index (χ4n) is 1.60. The van der Waals surface area contributed by atoms with Gasteiger partial charge in [-0.2, -0.15) is 0 Å². The van der Waals surface area contributed by atoms with Crippen LogP contribution in [0, 0.1) is 0 Å². The van der Waals surface area contributed by atoms with Gasteiger partial charge in [0.25, 0.3) is 0 Å². The molecule has 0 saturated carbocycles. The van der Waals surface area contributed by atoms with Gasteiger partial charge in [0.1, 0.15) is 18.3 Å². The summed E-state index contributed by atoms with van der Waals surface area (Å²) in [6.45, 7) is 1.59. The zero-order chi connectivity index (χ0) is 10.0. The normalized spacial score (nSPS) is 46.4. The van der Waals surface area contributed by atoms with Gasteiger partial charge in [0.05, 0.1) is 18.8 Å². The molecule has 78 valence electrons. The summed E-state index contributed by atoms with van der Waals surface area (Å²) >= 11 is 0. The Morgan fingerprint density at radius 2 is 2.15 bits per heavy atom. The third-order valence-electron chi connectivity index (χ3n) is 2.48. The molecule has 2 unspecified atom stereocenters. The summed E-state index contributed by atoms with van der Waals surface area (Å²) < 4.78 is 10.4. The monoisotopic (exact) mass is 191 g/mol. The fourth-order valence-corrected chi connectivity index (χ4v) is 1.60. The summed E-state index contributed by atoms with van der Waals surface area (Å²) in [6, 6.07) is -0.465. The van der Waals surface area contributed by atoms with Crippen molar-refractivity contribution in [3.63, 3.8) is 0 Å². The topological polar surface area (TPSA) is 84.9 Å². The van der Waals surface area contributed by atoms with Crippen LogP contribution in [0.1, 0.15) is 6.92 Å². The van der Waals surface area contributed by atoms with Gasteiger partial charge in [0.15, 0.2) is 0 Å². The van der Waals surface area contributed by atoms with Gasteiger partial charge in [-0.3, -0.25) is 0 Å². The molecule has 0 aliphatic carbocycles. The first kappa shape index (κ1) is 10.9. The lowest BCUT2D eigenvalue weighted by Gasteiger charge is -2.41. The minimum absolute atomic E-state index is 0.174. The second-order valence-electron chi connectivity index (χ2n) is 3.33. The van der Waals surface area contributed by atoms with Crippen LogP contribution in [0.4, 0.5) is 0 Å². The van der Waals surface area contributed by atoms with Crippen molar-refractivity contribution < 1.29 is 19.7 Å². The first-order valence-corrected chi connectivity index (χ1v) is 4.34. The van der Waals surface area contributed by atoms with E-state index in [1.54, 1.807) is 6.92 Å². The lowest BCUT2D eigenvalue weighted by atomic mass is 9.94. The molecule has 1 heterocycles. The SMILES string of the molecule is CO[C@@H]1C(CO)O[C@@H](C)C(N)[C@H]1O. The van der Waals surface area contributed by atoms with Crippen molar-refractivity contribution in [3.8, 4) is 0 Å². The molecule has 5 heteroatoms.